The molecule has 2 heterocycles. The first kappa shape index (κ1) is 15.2. The fraction of sp³-hybridized carbons (Fsp3) is 0.571. The Morgan fingerprint density at radius 3 is 3.15 bits per heavy atom. The van der Waals surface area contributed by atoms with Crippen molar-refractivity contribution in [1.29, 1.82) is 0 Å². The van der Waals surface area contributed by atoms with Crippen LogP contribution in [0.2, 0.25) is 0 Å². The molecule has 0 bridgehead atoms. The lowest BCUT2D eigenvalue weighted by Crippen LogP contribution is -2.14. The third kappa shape index (κ3) is 5.40. The first-order chi connectivity index (χ1) is 9.88. The van der Waals surface area contributed by atoms with Crippen molar-refractivity contribution in [3.8, 4) is 0 Å². The van der Waals surface area contributed by atoms with Crippen LogP contribution in [0.5, 0.6) is 0 Å². The minimum atomic E-state index is 0.677. The summed E-state index contributed by atoms with van der Waals surface area (Å²) in [5.74, 6) is 0. The van der Waals surface area contributed by atoms with E-state index in [4.69, 9.17) is 4.74 Å². The van der Waals surface area contributed by atoms with Gasteiger partial charge >= 0.3 is 0 Å². The van der Waals surface area contributed by atoms with Gasteiger partial charge < -0.3 is 10.1 Å². The fourth-order valence-corrected chi connectivity index (χ4v) is 2.50. The highest BCUT2D eigenvalue weighted by atomic mass is 32.1. The Morgan fingerprint density at radius 2 is 2.35 bits per heavy atom. The van der Waals surface area contributed by atoms with E-state index < -0.39 is 0 Å². The van der Waals surface area contributed by atoms with Crippen LogP contribution < -0.4 is 5.32 Å². The molecule has 0 saturated carbocycles. The van der Waals surface area contributed by atoms with Crippen molar-refractivity contribution in [3.05, 3.63) is 34.3 Å². The maximum Gasteiger partial charge on any atom is 0.0964 e. The van der Waals surface area contributed by atoms with Gasteiger partial charge in [0.1, 0.15) is 0 Å². The van der Waals surface area contributed by atoms with E-state index in [9.17, 15) is 0 Å². The van der Waals surface area contributed by atoms with E-state index in [-0.39, 0.29) is 0 Å². The molecular weight excluding hydrogens is 272 g/mol. The average Bonchev–Trinajstić information content (AvgIpc) is 3.10. The summed E-state index contributed by atoms with van der Waals surface area (Å²) in [6, 6.07) is 4.21. The zero-order valence-corrected chi connectivity index (χ0v) is 12.7. The summed E-state index contributed by atoms with van der Waals surface area (Å²) >= 11 is 1.78. The molecule has 2 rings (SSSR count). The van der Waals surface area contributed by atoms with Gasteiger partial charge in [-0.05, 0) is 24.4 Å². The van der Waals surface area contributed by atoms with Crippen LogP contribution in [-0.4, -0.2) is 34.8 Å². The lowest BCUT2D eigenvalue weighted by atomic mass is 10.4. The number of rotatable bonds is 10. The van der Waals surface area contributed by atoms with E-state index >= 15 is 0 Å². The predicted molar refractivity (Wildman–Crippen MR) is 80.9 cm³/mol. The first-order valence-corrected chi connectivity index (χ1v) is 7.96. The van der Waals surface area contributed by atoms with E-state index in [1.54, 1.807) is 11.3 Å². The molecule has 0 atom stereocenters. The Kier molecular flexibility index (Phi) is 6.70. The molecule has 0 unspecified atom stereocenters. The number of hydrogen-bond acceptors (Lipinski definition) is 5. The number of nitrogens with zero attached hydrogens (tertiary/aromatic N) is 3. The fourth-order valence-electron chi connectivity index (χ4n) is 1.81. The molecule has 0 radical (unpaired) electrons. The zero-order valence-electron chi connectivity index (χ0n) is 11.9. The summed E-state index contributed by atoms with van der Waals surface area (Å²) in [4.78, 5) is 1.37. The van der Waals surface area contributed by atoms with Crippen molar-refractivity contribution in [2.45, 2.75) is 32.9 Å². The number of thiophene rings is 1. The summed E-state index contributed by atoms with van der Waals surface area (Å²) in [6.07, 6.45) is 4.10. The van der Waals surface area contributed by atoms with Gasteiger partial charge in [-0.2, -0.15) is 0 Å². The van der Waals surface area contributed by atoms with E-state index in [1.807, 2.05) is 10.9 Å². The van der Waals surface area contributed by atoms with Gasteiger partial charge in [-0.3, -0.25) is 0 Å². The van der Waals surface area contributed by atoms with Crippen LogP contribution >= 0.6 is 11.3 Å². The van der Waals surface area contributed by atoms with Gasteiger partial charge in [0.15, 0.2) is 0 Å². The Labute approximate surface area is 124 Å². The molecule has 0 aliphatic carbocycles. The van der Waals surface area contributed by atoms with Gasteiger partial charge in [0.25, 0.3) is 0 Å². The maximum atomic E-state index is 5.62. The van der Waals surface area contributed by atoms with Crippen LogP contribution in [0.15, 0.2) is 23.7 Å². The number of nitrogens with one attached hydrogen (secondary N) is 1. The minimum absolute atomic E-state index is 0.677. The molecular formula is C14H22N4OS. The Hall–Kier alpha value is -1.24. The molecule has 2 aromatic heterocycles. The molecule has 1 N–H and O–H groups in total. The summed E-state index contributed by atoms with van der Waals surface area (Å²) in [5.41, 5.74) is 0.983. The van der Waals surface area contributed by atoms with Crippen molar-refractivity contribution >= 4 is 11.3 Å². The third-order valence-corrected chi connectivity index (χ3v) is 3.79. The van der Waals surface area contributed by atoms with Crippen molar-refractivity contribution in [2.75, 3.05) is 19.8 Å². The van der Waals surface area contributed by atoms with Gasteiger partial charge in [0, 0.05) is 24.0 Å². The predicted octanol–water partition coefficient (Wildman–Crippen LogP) is 2.10. The van der Waals surface area contributed by atoms with E-state index in [1.165, 1.54) is 4.88 Å². The smallest absolute Gasteiger partial charge is 0.0964 e. The van der Waals surface area contributed by atoms with Crippen molar-refractivity contribution in [1.82, 2.24) is 20.3 Å². The second kappa shape index (κ2) is 8.84. The lowest BCUT2D eigenvalue weighted by molar-refractivity contribution is 0.126. The highest BCUT2D eigenvalue weighted by Gasteiger charge is 2.00. The molecule has 0 amide bonds. The zero-order chi connectivity index (χ0) is 14.0. The molecule has 0 aliphatic rings. The van der Waals surface area contributed by atoms with Gasteiger partial charge in [-0.15, -0.1) is 16.4 Å². The van der Waals surface area contributed by atoms with Gasteiger partial charge in [0.05, 0.1) is 25.5 Å². The van der Waals surface area contributed by atoms with Crippen molar-refractivity contribution in [2.24, 2.45) is 0 Å². The summed E-state index contributed by atoms with van der Waals surface area (Å²) in [6.45, 7) is 6.14. The molecule has 110 valence electrons. The van der Waals surface area contributed by atoms with E-state index in [0.29, 0.717) is 6.61 Å². The van der Waals surface area contributed by atoms with Gasteiger partial charge in [0.2, 0.25) is 0 Å². The summed E-state index contributed by atoms with van der Waals surface area (Å²) in [5, 5.41) is 13.6. The highest BCUT2D eigenvalue weighted by molar-refractivity contribution is 7.09. The molecule has 0 aliphatic heterocycles. The number of aromatic nitrogens is 3. The Bertz CT molecular complexity index is 469. The van der Waals surface area contributed by atoms with Crippen LogP contribution in [0.1, 0.15) is 23.9 Å². The SMILES string of the molecule is CCCNCc1cn(CCOCCc2cccs2)nn1. The van der Waals surface area contributed by atoms with Crippen molar-refractivity contribution in [3.63, 3.8) is 0 Å². The molecule has 5 nitrogen and oxygen atoms in total. The average molecular weight is 294 g/mol. The molecule has 0 saturated heterocycles. The summed E-state index contributed by atoms with van der Waals surface area (Å²) < 4.78 is 7.46. The Morgan fingerprint density at radius 1 is 1.40 bits per heavy atom. The number of ether oxygens (including phenoxy) is 1. The largest absolute Gasteiger partial charge is 0.379 e. The van der Waals surface area contributed by atoms with Crippen molar-refractivity contribution < 1.29 is 4.74 Å². The molecule has 20 heavy (non-hydrogen) atoms. The van der Waals surface area contributed by atoms with Crippen LogP contribution in [0.4, 0.5) is 0 Å². The highest BCUT2D eigenvalue weighted by Crippen LogP contribution is 2.08. The van der Waals surface area contributed by atoms with E-state index in [2.05, 4.69) is 40.1 Å². The topological polar surface area (TPSA) is 52.0 Å². The molecule has 0 aromatic carbocycles. The number of hydrogen-bond donors (Lipinski definition) is 1. The molecule has 6 heteroatoms. The van der Waals surface area contributed by atoms with Crippen LogP contribution in [0, 0.1) is 0 Å². The molecule has 2 aromatic rings. The monoisotopic (exact) mass is 294 g/mol. The second-order valence-electron chi connectivity index (χ2n) is 4.59. The Balaban J connectivity index is 1.57. The van der Waals surface area contributed by atoms with Crippen LogP contribution in [-0.2, 0) is 24.2 Å². The minimum Gasteiger partial charge on any atom is -0.379 e. The molecule has 0 fully saturated rings. The maximum absolute atomic E-state index is 5.62. The van der Waals surface area contributed by atoms with Gasteiger partial charge in [-0.25, -0.2) is 4.68 Å². The third-order valence-electron chi connectivity index (χ3n) is 2.86. The van der Waals surface area contributed by atoms with Gasteiger partial charge in [-0.1, -0.05) is 18.2 Å². The molecule has 0 spiro atoms. The van der Waals surface area contributed by atoms with Crippen LogP contribution in [0.3, 0.4) is 0 Å². The van der Waals surface area contributed by atoms with E-state index in [0.717, 1.165) is 44.8 Å². The normalized spacial score (nSPS) is 11.1. The lowest BCUT2D eigenvalue weighted by Gasteiger charge is -2.03. The first-order valence-electron chi connectivity index (χ1n) is 7.08. The summed E-state index contributed by atoms with van der Waals surface area (Å²) in [7, 11) is 0. The quantitative estimate of drug-likeness (QED) is 0.682. The second-order valence-corrected chi connectivity index (χ2v) is 5.62. The van der Waals surface area contributed by atoms with Crippen LogP contribution in [0.25, 0.3) is 0 Å². The standard InChI is InChI=1S/C14H22N4OS/c1-2-6-15-11-13-12-18(17-16-13)7-9-19-8-5-14-4-3-10-20-14/h3-4,10,12,15H,2,5-9,11H2,1H3.